The third-order valence-electron chi connectivity index (χ3n) is 4.43. The van der Waals surface area contributed by atoms with Gasteiger partial charge >= 0.3 is 0 Å². The molecule has 0 aliphatic heterocycles. The Balaban J connectivity index is 1.77. The van der Waals surface area contributed by atoms with Gasteiger partial charge in [-0.15, -0.1) is 5.10 Å². The van der Waals surface area contributed by atoms with Crippen LogP contribution >= 0.6 is 0 Å². The van der Waals surface area contributed by atoms with Crippen molar-refractivity contribution in [1.29, 1.82) is 0 Å². The normalized spacial score (nSPS) is 10.7. The molecule has 26 heavy (non-hydrogen) atoms. The average molecular weight is 349 g/mol. The maximum absolute atomic E-state index is 12.5. The molecule has 134 valence electrons. The lowest BCUT2D eigenvalue weighted by Gasteiger charge is -2.08. The average Bonchev–Trinajstić information content (AvgIpc) is 2.99. The van der Waals surface area contributed by atoms with E-state index in [1.807, 2.05) is 38.1 Å². The number of anilines is 2. The molecule has 0 radical (unpaired) electrons. The summed E-state index contributed by atoms with van der Waals surface area (Å²) in [5.74, 6) is -0.104. The predicted octanol–water partition coefficient (Wildman–Crippen LogP) is 3.34. The number of nitrogen functional groups attached to an aromatic ring is 1. The standard InChI is InChI=1S/C20H23N5O/c1-4-15-7-9-17(10-8-15)22-20(26)18-19(21)25(24-23-18)12-16-11-13(2)5-6-14(16)3/h5-11H,4,12,21H2,1-3H3,(H,22,26). The molecular weight excluding hydrogens is 326 g/mol. The van der Waals surface area contributed by atoms with Gasteiger partial charge in [-0.05, 0) is 49.1 Å². The summed E-state index contributed by atoms with van der Waals surface area (Å²) in [5.41, 5.74) is 11.6. The molecule has 3 N–H and O–H groups in total. The van der Waals surface area contributed by atoms with Gasteiger partial charge in [-0.1, -0.05) is 48.0 Å². The maximum atomic E-state index is 12.5. The van der Waals surface area contributed by atoms with Gasteiger partial charge in [0, 0.05) is 5.69 Å². The van der Waals surface area contributed by atoms with E-state index in [0.29, 0.717) is 12.2 Å². The number of rotatable bonds is 5. The Labute approximate surface area is 153 Å². The van der Waals surface area contributed by atoms with Crippen molar-refractivity contribution in [3.05, 3.63) is 70.4 Å². The minimum Gasteiger partial charge on any atom is -0.382 e. The van der Waals surface area contributed by atoms with Crippen molar-refractivity contribution in [1.82, 2.24) is 15.0 Å². The molecule has 1 aromatic heterocycles. The fourth-order valence-corrected chi connectivity index (χ4v) is 2.74. The molecule has 0 saturated heterocycles. The molecule has 0 aliphatic carbocycles. The fourth-order valence-electron chi connectivity index (χ4n) is 2.74. The molecule has 0 spiro atoms. The highest BCUT2D eigenvalue weighted by Gasteiger charge is 2.18. The number of hydrogen-bond donors (Lipinski definition) is 2. The number of hydrogen-bond acceptors (Lipinski definition) is 4. The third-order valence-corrected chi connectivity index (χ3v) is 4.43. The van der Waals surface area contributed by atoms with E-state index in [1.165, 1.54) is 5.56 Å². The lowest BCUT2D eigenvalue weighted by molar-refractivity contribution is 0.102. The first-order chi connectivity index (χ1) is 12.5. The van der Waals surface area contributed by atoms with Crippen molar-refractivity contribution in [2.75, 3.05) is 11.1 Å². The molecule has 0 fully saturated rings. The van der Waals surface area contributed by atoms with Gasteiger partial charge in [0.15, 0.2) is 11.5 Å². The number of benzene rings is 2. The third kappa shape index (κ3) is 3.74. The summed E-state index contributed by atoms with van der Waals surface area (Å²) >= 11 is 0. The van der Waals surface area contributed by atoms with E-state index < -0.39 is 0 Å². The van der Waals surface area contributed by atoms with Gasteiger partial charge in [-0.25, -0.2) is 4.68 Å². The van der Waals surface area contributed by atoms with Gasteiger partial charge in [0.25, 0.3) is 5.91 Å². The lowest BCUT2D eigenvalue weighted by Crippen LogP contribution is -2.15. The predicted molar refractivity (Wildman–Crippen MR) is 103 cm³/mol. The van der Waals surface area contributed by atoms with Crippen molar-refractivity contribution in [3.63, 3.8) is 0 Å². The minimum atomic E-state index is -0.362. The summed E-state index contributed by atoms with van der Waals surface area (Å²) in [6, 6.07) is 13.9. The van der Waals surface area contributed by atoms with Gasteiger partial charge in [0.1, 0.15) is 0 Å². The number of aromatic nitrogens is 3. The molecule has 3 rings (SSSR count). The zero-order valence-electron chi connectivity index (χ0n) is 15.3. The molecule has 6 nitrogen and oxygen atoms in total. The summed E-state index contributed by atoms with van der Waals surface area (Å²) in [4.78, 5) is 12.5. The van der Waals surface area contributed by atoms with Gasteiger partial charge in [-0.3, -0.25) is 4.79 Å². The molecule has 2 aromatic carbocycles. The summed E-state index contributed by atoms with van der Waals surface area (Å²) in [5, 5.41) is 10.8. The summed E-state index contributed by atoms with van der Waals surface area (Å²) in [6.45, 7) is 6.64. The quantitative estimate of drug-likeness (QED) is 0.740. The van der Waals surface area contributed by atoms with Crippen LogP contribution in [0.3, 0.4) is 0 Å². The molecule has 0 atom stereocenters. The van der Waals surface area contributed by atoms with Gasteiger partial charge in [-0.2, -0.15) is 0 Å². The van der Waals surface area contributed by atoms with Crippen LogP contribution < -0.4 is 11.1 Å². The van der Waals surface area contributed by atoms with Crippen LogP contribution in [0.15, 0.2) is 42.5 Å². The number of nitrogens with one attached hydrogen (secondary N) is 1. The summed E-state index contributed by atoms with van der Waals surface area (Å²) in [7, 11) is 0. The number of carbonyl (C=O) groups excluding carboxylic acids is 1. The Kier molecular flexibility index (Phi) is 5.02. The number of carbonyl (C=O) groups is 1. The first kappa shape index (κ1) is 17.7. The van der Waals surface area contributed by atoms with Crippen LogP contribution in [0.4, 0.5) is 11.5 Å². The van der Waals surface area contributed by atoms with E-state index in [4.69, 9.17) is 5.73 Å². The van der Waals surface area contributed by atoms with Crippen LogP contribution in [-0.2, 0) is 13.0 Å². The van der Waals surface area contributed by atoms with Crippen LogP contribution in [0.1, 0.15) is 39.7 Å². The molecular formula is C20H23N5O. The highest BCUT2D eigenvalue weighted by atomic mass is 16.2. The van der Waals surface area contributed by atoms with Crippen molar-refractivity contribution >= 4 is 17.4 Å². The Hall–Kier alpha value is -3.15. The summed E-state index contributed by atoms with van der Waals surface area (Å²) in [6.07, 6.45) is 0.952. The largest absolute Gasteiger partial charge is 0.382 e. The highest BCUT2D eigenvalue weighted by Crippen LogP contribution is 2.17. The Morgan fingerprint density at radius 3 is 2.58 bits per heavy atom. The molecule has 0 saturated carbocycles. The molecule has 0 bridgehead atoms. The van der Waals surface area contributed by atoms with Gasteiger partial charge in [0.2, 0.25) is 0 Å². The second-order valence-corrected chi connectivity index (χ2v) is 6.42. The van der Waals surface area contributed by atoms with Gasteiger partial charge in [0.05, 0.1) is 6.54 Å². The van der Waals surface area contributed by atoms with Crippen molar-refractivity contribution in [2.24, 2.45) is 0 Å². The van der Waals surface area contributed by atoms with Crippen LogP contribution in [0, 0.1) is 13.8 Å². The maximum Gasteiger partial charge on any atom is 0.280 e. The zero-order valence-corrected chi connectivity index (χ0v) is 15.3. The molecule has 6 heteroatoms. The number of nitrogens with zero attached hydrogens (tertiary/aromatic N) is 3. The molecule has 0 unspecified atom stereocenters. The van der Waals surface area contributed by atoms with Crippen molar-refractivity contribution < 1.29 is 4.79 Å². The van der Waals surface area contributed by atoms with Crippen LogP contribution in [-0.4, -0.2) is 20.9 Å². The Bertz CT molecular complexity index is 928. The first-order valence-electron chi connectivity index (χ1n) is 8.63. The van der Waals surface area contributed by atoms with Crippen LogP contribution in [0.25, 0.3) is 0 Å². The second-order valence-electron chi connectivity index (χ2n) is 6.42. The number of nitrogens with two attached hydrogens (primary N) is 1. The topological polar surface area (TPSA) is 85.8 Å². The van der Waals surface area contributed by atoms with E-state index >= 15 is 0 Å². The SMILES string of the molecule is CCc1ccc(NC(=O)c2nnn(Cc3cc(C)ccc3C)c2N)cc1. The Morgan fingerprint density at radius 2 is 1.88 bits per heavy atom. The first-order valence-corrected chi connectivity index (χ1v) is 8.63. The van der Waals surface area contributed by atoms with Crippen LogP contribution in [0.5, 0.6) is 0 Å². The fraction of sp³-hybridized carbons (Fsp3) is 0.250. The highest BCUT2D eigenvalue weighted by molar-refractivity contribution is 6.05. The van der Waals surface area contributed by atoms with Crippen molar-refractivity contribution in [2.45, 2.75) is 33.7 Å². The van der Waals surface area contributed by atoms with Crippen molar-refractivity contribution in [3.8, 4) is 0 Å². The Morgan fingerprint density at radius 1 is 1.15 bits per heavy atom. The second kappa shape index (κ2) is 7.39. The lowest BCUT2D eigenvalue weighted by atomic mass is 10.1. The minimum absolute atomic E-state index is 0.134. The van der Waals surface area contributed by atoms with Gasteiger partial charge < -0.3 is 11.1 Å². The molecule has 1 amide bonds. The van der Waals surface area contributed by atoms with Crippen LogP contribution in [0.2, 0.25) is 0 Å². The number of aryl methyl sites for hydroxylation is 3. The smallest absolute Gasteiger partial charge is 0.280 e. The van der Waals surface area contributed by atoms with E-state index in [0.717, 1.165) is 23.1 Å². The van der Waals surface area contributed by atoms with E-state index in [9.17, 15) is 4.79 Å². The number of amides is 1. The van der Waals surface area contributed by atoms with E-state index in [-0.39, 0.29) is 17.4 Å². The summed E-state index contributed by atoms with van der Waals surface area (Å²) < 4.78 is 1.55. The molecule has 3 aromatic rings. The zero-order chi connectivity index (χ0) is 18.7. The van der Waals surface area contributed by atoms with E-state index in [1.54, 1.807) is 4.68 Å². The molecule has 0 aliphatic rings. The van der Waals surface area contributed by atoms with E-state index in [2.05, 4.69) is 40.8 Å². The molecule has 1 heterocycles. The monoisotopic (exact) mass is 349 g/mol.